The van der Waals surface area contributed by atoms with E-state index in [2.05, 4.69) is 36.9 Å². The maximum Gasteiger partial charge on any atom is 0.274 e. The predicted octanol–water partition coefficient (Wildman–Crippen LogP) is 4.29. The van der Waals surface area contributed by atoms with Gasteiger partial charge in [0.05, 0.1) is 43.8 Å². The molecule has 4 aromatic rings. The highest BCUT2D eigenvalue weighted by Gasteiger charge is 2.34. The number of hydrogen-bond acceptors (Lipinski definition) is 8. The molecular weight excluding hydrogens is 637 g/mol. The lowest BCUT2D eigenvalue weighted by Gasteiger charge is -2.47. The topological polar surface area (TPSA) is 117 Å². The number of aliphatic hydroxyl groups excluding tert-OH is 1. The first-order valence-electron chi connectivity index (χ1n) is 17.8. The maximum atomic E-state index is 15.4. The quantitative estimate of drug-likeness (QED) is 0.253. The third-order valence-electron chi connectivity index (χ3n) is 11.1. The average Bonchev–Trinajstić information content (AvgIpc) is 3.49. The number of hydrogen-bond donors (Lipinski definition) is 3. The zero-order valence-corrected chi connectivity index (χ0v) is 28.6. The molecule has 0 bridgehead atoms. The van der Waals surface area contributed by atoms with Crippen LogP contribution in [-0.4, -0.2) is 75.0 Å². The number of rotatable bonds is 8. The summed E-state index contributed by atoms with van der Waals surface area (Å²) in [5.74, 6) is -0.178. The van der Waals surface area contributed by atoms with Crippen LogP contribution in [0.5, 0.6) is 0 Å². The van der Waals surface area contributed by atoms with E-state index in [1.807, 2.05) is 24.4 Å². The lowest BCUT2D eigenvalue weighted by Crippen LogP contribution is -2.60. The van der Waals surface area contributed by atoms with E-state index in [-0.39, 0.29) is 23.8 Å². The van der Waals surface area contributed by atoms with E-state index < -0.39 is 11.9 Å². The molecule has 0 saturated carbocycles. The highest BCUT2D eigenvalue weighted by atomic mass is 19.1. The molecule has 6 heterocycles. The van der Waals surface area contributed by atoms with E-state index in [0.717, 1.165) is 70.6 Å². The fourth-order valence-corrected chi connectivity index (χ4v) is 8.25. The molecule has 8 rings (SSSR count). The maximum absolute atomic E-state index is 15.4. The Kier molecular flexibility index (Phi) is 8.70. The van der Waals surface area contributed by atoms with Gasteiger partial charge in [-0.05, 0) is 90.8 Å². The molecule has 1 aliphatic carbocycles. The highest BCUT2D eigenvalue weighted by molar-refractivity contribution is 5.94. The van der Waals surface area contributed by atoms with Crippen LogP contribution in [0.15, 0.2) is 53.6 Å². The number of fused-ring (bicyclic) bond motifs is 3. The minimum absolute atomic E-state index is 0.200. The summed E-state index contributed by atoms with van der Waals surface area (Å²) in [4.78, 5) is 36.2. The normalized spacial score (nSPS) is 21.0. The lowest BCUT2D eigenvalue weighted by molar-refractivity contribution is -0.0698. The Hall–Kier alpha value is -4.52. The molecule has 3 aliphatic heterocycles. The first kappa shape index (κ1) is 32.7. The van der Waals surface area contributed by atoms with Crippen molar-refractivity contribution in [2.45, 2.75) is 70.3 Å². The number of aliphatic hydroxyl groups is 1. The van der Waals surface area contributed by atoms with Crippen molar-refractivity contribution < 1.29 is 19.0 Å². The number of benzene rings is 1. The highest BCUT2D eigenvalue weighted by Crippen LogP contribution is 2.36. The number of carbonyl (C=O) groups excluding carboxylic acids is 1. The first-order valence-corrected chi connectivity index (χ1v) is 17.8. The van der Waals surface area contributed by atoms with Gasteiger partial charge >= 0.3 is 0 Å². The number of pyridine rings is 2. The first-order chi connectivity index (χ1) is 24.3. The summed E-state index contributed by atoms with van der Waals surface area (Å²) >= 11 is 0. The van der Waals surface area contributed by atoms with Gasteiger partial charge in [0.25, 0.3) is 11.5 Å². The molecule has 2 atom stereocenters. The summed E-state index contributed by atoms with van der Waals surface area (Å²) in [6.45, 7) is 6.81. The molecule has 2 unspecified atom stereocenters. The molecule has 2 fully saturated rings. The van der Waals surface area contributed by atoms with Crippen LogP contribution < -0.4 is 21.1 Å². The number of halogens is 1. The van der Waals surface area contributed by atoms with Gasteiger partial charge in [-0.1, -0.05) is 6.92 Å². The predicted molar refractivity (Wildman–Crippen MR) is 189 cm³/mol. The fourth-order valence-electron chi connectivity index (χ4n) is 8.25. The number of aryl methyl sites for hydroxylation is 2. The Morgan fingerprint density at radius 3 is 2.66 bits per heavy atom. The van der Waals surface area contributed by atoms with Gasteiger partial charge in [-0.2, -0.15) is 0 Å². The minimum atomic E-state index is -0.527. The van der Waals surface area contributed by atoms with Crippen LogP contribution >= 0.6 is 0 Å². The SMILES string of the molecule is CCC1CN(C2COC2)CCN1c1ccc(Nc2cc(-c3cc(F)cc(C4Cn5c(cc6c5CCCC6)C(=O)N4)c3CO)cn(C)c2=O)nc1. The lowest BCUT2D eigenvalue weighted by atomic mass is 9.91. The molecular formula is C38H44FN7O4. The largest absolute Gasteiger partial charge is 0.392 e. The van der Waals surface area contributed by atoms with Crippen molar-refractivity contribution in [2.75, 3.05) is 43.1 Å². The fraction of sp³-hybridized carbons (Fsp3) is 0.447. The summed E-state index contributed by atoms with van der Waals surface area (Å²) in [6.07, 6.45) is 8.55. The summed E-state index contributed by atoms with van der Waals surface area (Å²) in [7, 11) is 1.64. The van der Waals surface area contributed by atoms with Crippen molar-refractivity contribution in [2.24, 2.45) is 7.05 Å². The molecule has 1 aromatic carbocycles. The van der Waals surface area contributed by atoms with Gasteiger partial charge in [0.1, 0.15) is 23.0 Å². The molecule has 3 N–H and O–H groups in total. The summed E-state index contributed by atoms with van der Waals surface area (Å²) < 4.78 is 24.4. The van der Waals surface area contributed by atoms with Crippen molar-refractivity contribution >= 4 is 23.1 Å². The van der Waals surface area contributed by atoms with E-state index in [1.54, 1.807) is 19.3 Å². The molecule has 11 nitrogen and oxygen atoms in total. The zero-order valence-electron chi connectivity index (χ0n) is 28.6. The van der Waals surface area contributed by atoms with E-state index in [1.165, 1.54) is 28.0 Å². The molecule has 12 heteroatoms. The standard InChI is InChI=1S/C38H44FN7O4/c1-3-26-18-44(28-21-50-22-28)10-11-45(26)27-8-9-36(40-16-27)41-32-12-24(17-43(2)38(32)49)29-14-25(39)15-30(31(29)20-47)33-19-46-34-7-5-4-6-23(34)13-35(46)37(48)42-33/h8-9,12-17,26,28,33,47H,3-7,10-11,18-22H2,1-2H3,(H,40,41)(H,42,48). The van der Waals surface area contributed by atoms with Gasteiger partial charge < -0.3 is 34.5 Å². The number of carbonyl (C=O) groups is 1. The van der Waals surface area contributed by atoms with Crippen LogP contribution in [0.3, 0.4) is 0 Å². The number of piperazine rings is 1. The zero-order chi connectivity index (χ0) is 34.5. The third kappa shape index (κ3) is 5.88. The van der Waals surface area contributed by atoms with Crippen molar-refractivity contribution in [1.29, 1.82) is 0 Å². The summed E-state index contributed by atoms with van der Waals surface area (Å²) in [6, 6.07) is 10.7. The molecule has 262 valence electrons. The molecule has 2 saturated heterocycles. The number of amides is 1. The Labute approximate surface area is 290 Å². The second-order valence-corrected chi connectivity index (χ2v) is 14.1. The average molecular weight is 682 g/mol. The van der Waals surface area contributed by atoms with Gasteiger partial charge in [0, 0.05) is 56.7 Å². The van der Waals surface area contributed by atoms with Crippen LogP contribution in [0.2, 0.25) is 0 Å². The molecule has 0 radical (unpaired) electrons. The second-order valence-electron chi connectivity index (χ2n) is 14.1. The monoisotopic (exact) mass is 681 g/mol. The molecule has 1 amide bonds. The van der Waals surface area contributed by atoms with Crippen LogP contribution in [0.25, 0.3) is 11.1 Å². The third-order valence-corrected chi connectivity index (χ3v) is 11.1. The van der Waals surface area contributed by atoms with Crippen molar-refractivity contribution in [3.8, 4) is 11.1 Å². The van der Waals surface area contributed by atoms with E-state index in [0.29, 0.717) is 52.4 Å². The van der Waals surface area contributed by atoms with Crippen molar-refractivity contribution in [3.63, 3.8) is 0 Å². The number of ether oxygens (including phenoxy) is 1. The van der Waals surface area contributed by atoms with Crippen LogP contribution in [0, 0.1) is 5.82 Å². The molecule has 3 aromatic heterocycles. The second kappa shape index (κ2) is 13.3. The number of anilines is 3. The minimum Gasteiger partial charge on any atom is -0.392 e. The Morgan fingerprint density at radius 2 is 1.92 bits per heavy atom. The van der Waals surface area contributed by atoms with Crippen LogP contribution in [0.4, 0.5) is 21.6 Å². The Balaban J connectivity index is 1.06. The van der Waals surface area contributed by atoms with E-state index in [4.69, 9.17) is 4.74 Å². The number of aromatic nitrogens is 3. The van der Waals surface area contributed by atoms with Gasteiger partial charge in [-0.3, -0.25) is 14.5 Å². The van der Waals surface area contributed by atoms with E-state index in [9.17, 15) is 14.7 Å². The molecule has 50 heavy (non-hydrogen) atoms. The molecule has 0 spiro atoms. The summed E-state index contributed by atoms with van der Waals surface area (Å²) in [5, 5.41) is 17.0. The van der Waals surface area contributed by atoms with E-state index >= 15 is 4.39 Å². The van der Waals surface area contributed by atoms with Gasteiger partial charge in [0.15, 0.2) is 0 Å². The Bertz CT molecular complexity index is 1990. The number of nitrogens with one attached hydrogen (secondary N) is 2. The summed E-state index contributed by atoms with van der Waals surface area (Å²) in [5.41, 5.74) is 6.10. The van der Waals surface area contributed by atoms with Gasteiger partial charge in [0.2, 0.25) is 0 Å². The van der Waals surface area contributed by atoms with Gasteiger partial charge in [-0.15, -0.1) is 0 Å². The van der Waals surface area contributed by atoms with Crippen LogP contribution in [-0.2, 0) is 37.8 Å². The van der Waals surface area contributed by atoms with Crippen molar-refractivity contribution in [1.82, 2.24) is 24.3 Å². The molecule has 4 aliphatic rings. The van der Waals surface area contributed by atoms with Crippen molar-refractivity contribution in [3.05, 3.63) is 93.0 Å². The Morgan fingerprint density at radius 1 is 1.08 bits per heavy atom. The van der Waals surface area contributed by atoms with Crippen LogP contribution in [0.1, 0.15) is 65.1 Å². The van der Waals surface area contributed by atoms with Gasteiger partial charge in [-0.25, -0.2) is 9.37 Å². The number of nitrogens with zero attached hydrogens (tertiary/aromatic N) is 5. The smallest absolute Gasteiger partial charge is 0.274 e.